The summed E-state index contributed by atoms with van der Waals surface area (Å²) in [6, 6.07) is 12.1. The van der Waals surface area contributed by atoms with E-state index in [1.807, 2.05) is 25.3 Å². The van der Waals surface area contributed by atoms with E-state index in [-0.39, 0.29) is 23.0 Å². The normalized spacial score (nSPS) is 19.4. The summed E-state index contributed by atoms with van der Waals surface area (Å²) in [5.41, 5.74) is 4.55. The van der Waals surface area contributed by atoms with Crippen LogP contribution in [0.3, 0.4) is 0 Å². The van der Waals surface area contributed by atoms with Gasteiger partial charge < -0.3 is 4.74 Å². The molecule has 2 heterocycles. The molecule has 0 bridgehead atoms. The first-order valence-corrected chi connectivity index (χ1v) is 13.1. The van der Waals surface area contributed by atoms with Gasteiger partial charge in [-0.25, -0.2) is 13.4 Å². The maximum Gasteiger partial charge on any atom is 0.257 e. The molecule has 0 saturated carbocycles. The van der Waals surface area contributed by atoms with E-state index in [4.69, 9.17) is 4.74 Å². The highest BCUT2D eigenvalue weighted by atomic mass is 32.2. The van der Waals surface area contributed by atoms with Crippen LogP contribution in [-0.2, 0) is 14.8 Å². The number of benzene rings is 2. The Morgan fingerprint density at radius 1 is 1.06 bits per heavy atom. The quantitative estimate of drug-likeness (QED) is 0.576. The summed E-state index contributed by atoms with van der Waals surface area (Å²) in [7, 11) is -3.65. The van der Waals surface area contributed by atoms with Crippen molar-refractivity contribution in [3.63, 3.8) is 0 Å². The van der Waals surface area contributed by atoms with Gasteiger partial charge in [-0.1, -0.05) is 12.1 Å². The molecule has 7 nitrogen and oxygen atoms in total. The summed E-state index contributed by atoms with van der Waals surface area (Å²) < 4.78 is 33.1. The maximum atomic E-state index is 13.0. The van der Waals surface area contributed by atoms with E-state index in [9.17, 15) is 13.2 Å². The van der Waals surface area contributed by atoms with Gasteiger partial charge in [-0.2, -0.15) is 4.31 Å². The fourth-order valence-corrected chi connectivity index (χ4v) is 6.09. The van der Waals surface area contributed by atoms with Crippen LogP contribution < -0.4 is 5.32 Å². The van der Waals surface area contributed by atoms with Crippen molar-refractivity contribution in [1.29, 1.82) is 0 Å². The number of sulfonamides is 1. The van der Waals surface area contributed by atoms with Crippen LogP contribution >= 0.6 is 11.3 Å². The lowest BCUT2D eigenvalue weighted by Gasteiger charge is -2.34. The third kappa shape index (κ3) is 5.16. The van der Waals surface area contributed by atoms with Crippen molar-refractivity contribution in [3.8, 4) is 11.3 Å². The maximum absolute atomic E-state index is 13.0. The molecule has 1 N–H and O–H groups in total. The third-order valence-electron chi connectivity index (χ3n) is 5.67. The Morgan fingerprint density at radius 2 is 1.73 bits per heavy atom. The molecule has 3 aromatic rings. The number of nitrogens with zero attached hydrogens (tertiary/aromatic N) is 2. The highest BCUT2D eigenvalue weighted by Gasteiger charge is 2.32. The fraction of sp³-hybridized carbons (Fsp3) is 0.333. The molecule has 174 valence electrons. The standard InChI is InChI=1S/C24H27N3O4S2/c1-15-5-6-20(11-16(15)2)22-14-32-24(25-22)26-23(28)19-7-9-21(10-8-19)33(29,30)27-12-17(3)31-18(4)13-27/h5-11,14,17-18H,12-13H2,1-4H3,(H,25,26,28). The molecule has 1 amide bonds. The van der Waals surface area contributed by atoms with Gasteiger partial charge >= 0.3 is 0 Å². The number of rotatable bonds is 5. The average Bonchev–Trinajstić information content (AvgIpc) is 3.23. The van der Waals surface area contributed by atoms with Crippen LogP contribution in [0.4, 0.5) is 5.13 Å². The summed E-state index contributed by atoms with van der Waals surface area (Å²) in [5, 5.41) is 5.19. The van der Waals surface area contributed by atoms with Crippen LogP contribution in [0.5, 0.6) is 0 Å². The first kappa shape index (κ1) is 23.6. The van der Waals surface area contributed by atoms with Crippen LogP contribution in [0.1, 0.15) is 35.3 Å². The number of thiazole rings is 1. The predicted molar refractivity (Wildman–Crippen MR) is 130 cm³/mol. The van der Waals surface area contributed by atoms with Gasteiger partial charge in [-0.15, -0.1) is 11.3 Å². The largest absolute Gasteiger partial charge is 0.373 e. The lowest BCUT2D eigenvalue weighted by atomic mass is 10.1. The number of aromatic nitrogens is 1. The Hall–Kier alpha value is -2.59. The molecule has 0 spiro atoms. The van der Waals surface area contributed by atoms with Crippen molar-refractivity contribution in [1.82, 2.24) is 9.29 Å². The number of carbonyl (C=O) groups is 1. The summed E-state index contributed by atoms with van der Waals surface area (Å²) in [6.07, 6.45) is -0.332. The zero-order valence-corrected chi connectivity index (χ0v) is 20.7. The van der Waals surface area contributed by atoms with Crippen LogP contribution in [0, 0.1) is 13.8 Å². The predicted octanol–water partition coefficient (Wildman–Crippen LogP) is 4.48. The molecular weight excluding hydrogens is 458 g/mol. The number of nitrogens with one attached hydrogen (secondary N) is 1. The van der Waals surface area contributed by atoms with Gasteiger partial charge in [0.2, 0.25) is 10.0 Å². The van der Waals surface area contributed by atoms with E-state index in [2.05, 4.69) is 36.3 Å². The molecule has 0 radical (unpaired) electrons. The van der Waals surface area contributed by atoms with Gasteiger partial charge in [0, 0.05) is 29.6 Å². The van der Waals surface area contributed by atoms with E-state index >= 15 is 0 Å². The highest BCUT2D eigenvalue weighted by molar-refractivity contribution is 7.89. The second-order valence-electron chi connectivity index (χ2n) is 8.39. The van der Waals surface area contributed by atoms with Crippen LogP contribution in [-0.4, -0.2) is 48.9 Å². The average molecular weight is 486 g/mol. The van der Waals surface area contributed by atoms with Gasteiger partial charge in [0.15, 0.2) is 5.13 Å². The number of aryl methyl sites for hydroxylation is 2. The SMILES string of the molecule is Cc1ccc(-c2csc(NC(=O)c3ccc(S(=O)(=O)N4CC(C)OC(C)C4)cc3)n2)cc1C. The second-order valence-corrected chi connectivity index (χ2v) is 11.2. The second kappa shape index (κ2) is 9.34. The smallest absolute Gasteiger partial charge is 0.257 e. The molecule has 4 rings (SSSR count). The third-order valence-corrected chi connectivity index (χ3v) is 8.27. The Morgan fingerprint density at radius 3 is 2.36 bits per heavy atom. The Bertz CT molecular complexity index is 1260. The molecule has 33 heavy (non-hydrogen) atoms. The number of hydrogen-bond donors (Lipinski definition) is 1. The summed E-state index contributed by atoms with van der Waals surface area (Å²) in [6.45, 7) is 8.44. The van der Waals surface area contributed by atoms with E-state index in [0.717, 1.165) is 11.3 Å². The molecule has 1 saturated heterocycles. The number of carbonyl (C=O) groups excluding carboxylic acids is 1. The summed E-state index contributed by atoms with van der Waals surface area (Å²) in [4.78, 5) is 17.4. The molecule has 9 heteroatoms. The van der Waals surface area contributed by atoms with Gasteiger partial charge in [-0.05, 0) is 69.2 Å². The summed E-state index contributed by atoms with van der Waals surface area (Å²) in [5.74, 6) is -0.339. The lowest BCUT2D eigenvalue weighted by Crippen LogP contribution is -2.48. The van der Waals surface area contributed by atoms with Gasteiger partial charge in [0.1, 0.15) is 0 Å². The lowest BCUT2D eigenvalue weighted by molar-refractivity contribution is -0.0440. The minimum Gasteiger partial charge on any atom is -0.373 e. The van der Waals surface area contributed by atoms with Gasteiger partial charge in [0.25, 0.3) is 5.91 Å². The Kier molecular flexibility index (Phi) is 6.67. The monoisotopic (exact) mass is 485 g/mol. The van der Waals surface area contributed by atoms with Crippen molar-refractivity contribution in [2.24, 2.45) is 0 Å². The molecule has 0 aliphatic carbocycles. The van der Waals surface area contributed by atoms with E-state index in [1.54, 1.807) is 0 Å². The van der Waals surface area contributed by atoms with Crippen molar-refractivity contribution in [2.45, 2.75) is 44.8 Å². The molecule has 1 aromatic heterocycles. The first-order chi connectivity index (χ1) is 15.6. The van der Waals surface area contributed by atoms with E-state index in [0.29, 0.717) is 23.8 Å². The van der Waals surface area contributed by atoms with Crippen LogP contribution in [0.15, 0.2) is 52.7 Å². The van der Waals surface area contributed by atoms with Crippen LogP contribution in [0.2, 0.25) is 0 Å². The van der Waals surface area contributed by atoms with Crippen molar-refractivity contribution < 1.29 is 17.9 Å². The number of morpholine rings is 1. The molecule has 2 aromatic carbocycles. The number of amides is 1. The molecule has 1 fully saturated rings. The van der Waals surface area contributed by atoms with Crippen molar-refractivity contribution >= 4 is 32.4 Å². The molecule has 2 unspecified atom stereocenters. The molecule has 1 aliphatic rings. The molecule has 2 atom stereocenters. The number of ether oxygens (including phenoxy) is 1. The van der Waals surface area contributed by atoms with Crippen LogP contribution in [0.25, 0.3) is 11.3 Å². The zero-order chi connectivity index (χ0) is 23.8. The van der Waals surface area contributed by atoms with E-state index < -0.39 is 10.0 Å². The van der Waals surface area contributed by atoms with Gasteiger partial charge in [0.05, 0.1) is 22.8 Å². The Labute approximate surface area is 198 Å². The van der Waals surface area contributed by atoms with Gasteiger partial charge in [-0.3, -0.25) is 10.1 Å². The highest BCUT2D eigenvalue weighted by Crippen LogP contribution is 2.27. The fourth-order valence-electron chi connectivity index (χ4n) is 3.79. The number of anilines is 1. The molecular formula is C24H27N3O4S2. The first-order valence-electron chi connectivity index (χ1n) is 10.7. The Balaban J connectivity index is 1.46. The zero-order valence-electron chi connectivity index (χ0n) is 19.0. The minimum atomic E-state index is -3.65. The van der Waals surface area contributed by atoms with E-state index in [1.165, 1.54) is 51.0 Å². The summed E-state index contributed by atoms with van der Waals surface area (Å²) >= 11 is 1.35. The molecule has 1 aliphatic heterocycles. The number of hydrogen-bond acceptors (Lipinski definition) is 6. The minimum absolute atomic E-state index is 0.159. The van der Waals surface area contributed by atoms with Crippen molar-refractivity contribution in [3.05, 3.63) is 64.5 Å². The topological polar surface area (TPSA) is 88.6 Å². The van der Waals surface area contributed by atoms with Crippen molar-refractivity contribution in [2.75, 3.05) is 18.4 Å².